The highest BCUT2D eigenvalue weighted by Gasteiger charge is 2.40. The highest BCUT2D eigenvalue weighted by molar-refractivity contribution is 6.27. The van der Waals surface area contributed by atoms with E-state index in [1.807, 2.05) is 30.3 Å². The Morgan fingerprint density at radius 3 is 2.19 bits per heavy atom. The predicted molar refractivity (Wildman–Crippen MR) is 98.2 cm³/mol. The number of ether oxygens (including phenoxy) is 1. The molecule has 0 saturated heterocycles. The summed E-state index contributed by atoms with van der Waals surface area (Å²) >= 11 is 0. The van der Waals surface area contributed by atoms with Crippen molar-refractivity contribution < 1.29 is 19.1 Å². The number of allylic oxidation sites excluding steroid dienone is 5. The number of rotatable bonds is 1. The quantitative estimate of drug-likeness (QED) is 0.779. The second-order valence-electron chi connectivity index (χ2n) is 6.74. The minimum absolute atomic E-state index is 0.0491. The van der Waals surface area contributed by atoms with Crippen LogP contribution >= 0.6 is 0 Å². The monoisotopic (exact) mass is 354 g/mol. The van der Waals surface area contributed by atoms with Gasteiger partial charge in [0, 0.05) is 23.1 Å². The van der Waals surface area contributed by atoms with Crippen molar-refractivity contribution in [2.75, 3.05) is 0 Å². The molecule has 2 aromatic carbocycles. The van der Waals surface area contributed by atoms with E-state index in [2.05, 4.69) is 0 Å². The van der Waals surface area contributed by atoms with Crippen molar-refractivity contribution in [3.63, 3.8) is 0 Å². The molecule has 5 rings (SSSR count). The lowest BCUT2D eigenvalue weighted by Gasteiger charge is -2.29. The lowest BCUT2D eigenvalue weighted by molar-refractivity contribution is -0.116. The van der Waals surface area contributed by atoms with Gasteiger partial charge in [-0.15, -0.1) is 0 Å². The van der Waals surface area contributed by atoms with Crippen LogP contribution in [0.4, 0.5) is 0 Å². The summed E-state index contributed by atoms with van der Waals surface area (Å²) < 4.78 is 5.77. The summed E-state index contributed by atoms with van der Waals surface area (Å²) in [6, 6.07) is 16.2. The Bertz CT molecular complexity index is 1120. The van der Waals surface area contributed by atoms with Crippen molar-refractivity contribution in [2.24, 2.45) is 0 Å². The maximum absolute atomic E-state index is 13.1. The normalized spacial score (nSPS) is 20.9. The van der Waals surface area contributed by atoms with E-state index in [1.54, 1.807) is 36.4 Å². The van der Waals surface area contributed by atoms with Crippen LogP contribution in [0.3, 0.4) is 0 Å². The molecule has 1 unspecified atom stereocenters. The molecule has 2 aromatic rings. The van der Waals surface area contributed by atoms with E-state index in [0.717, 1.165) is 5.56 Å². The first-order valence-corrected chi connectivity index (χ1v) is 8.75. The highest BCUT2D eigenvalue weighted by Crippen LogP contribution is 2.40. The molecule has 1 atom stereocenters. The minimum Gasteiger partial charge on any atom is -0.452 e. The zero-order valence-electron chi connectivity index (χ0n) is 14.3. The van der Waals surface area contributed by atoms with Crippen LogP contribution in [0.2, 0.25) is 0 Å². The van der Waals surface area contributed by atoms with Crippen LogP contribution in [0.5, 0.6) is 0 Å². The van der Waals surface area contributed by atoms with Gasteiger partial charge < -0.3 is 4.74 Å². The van der Waals surface area contributed by atoms with E-state index in [4.69, 9.17) is 4.74 Å². The SMILES string of the molecule is O=C1C2=C(OC3=C(C2)C(=O)C(c2ccccc2)C=C3)C(=O)c2ccccc21. The Morgan fingerprint density at radius 1 is 0.778 bits per heavy atom. The molecular formula is C23H14O4. The maximum Gasteiger partial charge on any atom is 0.229 e. The van der Waals surface area contributed by atoms with Crippen molar-refractivity contribution >= 4 is 17.3 Å². The van der Waals surface area contributed by atoms with Gasteiger partial charge in [0.05, 0.1) is 11.5 Å². The summed E-state index contributed by atoms with van der Waals surface area (Å²) in [5, 5.41) is 0. The Morgan fingerprint density at radius 2 is 1.44 bits per heavy atom. The van der Waals surface area contributed by atoms with Gasteiger partial charge in [0.2, 0.25) is 5.78 Å². The van der Waals surface area contributed by atoms with Gasteiger partial charge in [0.15, 0.2) is 17.3 Å². The zero-order chi connectivity index (χ0) is 18.5. The number of fused-ring (bicyclic) bond motifs is 1. The Hall–Kier alpha value is -3.53. The highest BCUT2D eigenvalue weighted by atomic mass is 16.5. The smallest absolute Gasteiger partial charge is 0.229 e. The third-order valence-electron chi connectivity index (χ3n) is 5.21. The molecular weight excluding hydrogens is 340 g/mol. The molecule has 130 valence electrons. The fourth-order valence-corrected chi connectivity index (χ4v) is 3.83. The lowest BCUT2D eigenvalue weighted by Crippen LogP contribution is -2.30. The fourth-order valence-electron chi connectivity index (χ4n) is 3.83. The summed E-state index contributed by atoms with van der Waals surface area (Å²) in [5.74, 6) is -0.635. The number of ketones is 3. The van der Waals surface area contributed by atoms with Gasteiger partial charge in [-0.05, 0) is 11.6 Å². The summed E-state index contributed by atoms with van der Waals surface area (Å²) in [5.41, 5.74) is 2.32. The van der Waals surface area contributed by atoms with Crippen molar-refractivity contribution in [3.8, 4) is 0 Å². The van der Waals surface area contributed by atoms with Crippen molar-refractivity contribution in [1.82, 2.24) is 0 Å². The molecule has 0 spiro atoms. The molecule has 1 heterocycles. The average molecular weight is 354 g/mol. The molecule has 3 aliphatic rings. The molecule has 27 heavy (non-hydrogen) atoms. The van der Waals surface area contributed by atoms with Gasteiger partial charge >= 0.3 is 0 Å². The second-order valence-corrected chi connectivity index (χ2v) is 6.74. The van der Waals surface area contributed by atoms with Gasteiger partial charge in [0.25, 0.3) is 0 Å². The zero-order valence-corrected chi connectivity index (χ0v) is 14.3. The molecule has 0 aromatic heterocycles. The molecule has 1 aliphatic heterocycles. The van der Waals surface area contributed by atoms with E-state index in [1.165, 1.54) is 0 Å². The first-order chi connectivity index (χ1) is 13.1. The first-order valence-electron chi connectivity index (χ1n) is 8.75. The summed E-state index contributed by atoms with van der Waals surface area (Å²) in [7, 11) is 0. The van der Waals surface area contributed by atoms with E-state index < -0.39 is 5.92 Å². The summed E-state index contributed by atoms with van der Waals surface area (Å²) in [6.07, 6.45) is 3.64. The Labute approximate surface area is 155 Å². The standard InChI is InChI=1S/C23H14O4/c24-20-14(13-6-2-1-3-7-13)10-11-19-17(20)12-18-21(25)15-8-4-5-9-16(15)22(26)23(18)27-19/h1-11,14H,12H2. The Balaban J connectivity index is 1.53. The van der Waals surface area contributed by atoms with E-state index in [9.17, 15) is 14.4 Å². The molecule has 2 aliphatic carbocycles. The Kier molecular flexibility index (Phi) is 3.34. The van der Waals surface area contributed by atoms with Gasteiger partial charge in [-0.1, -0.05) is 60.7 Å². The van der Waals surface area contributed by atoms with Crippen LogP contribution in [0.1, 0.15) is 38.6 Å². The number of hydrogen-bond donors (Lipinski definition) is 0. The predicted octanol–water partition coefficient (Wildman–Crippen LogP) is 3.92. The number of Topliss-reactive ketones (excluding diaryl/α,β-unsaturated/α-hetero) is 3. The maximum atomic E-state index is 13.1. The molecule has 0 saturated carbocycles. The first kappa shape index (κ1) is 15.7. The van der Waals surface area contributed by atoms with Crippen LogP contribution in [0, 0.1) is 0 Å². The lowest BCUT2D eigenvalue weighted by atomic mass is 9.79. The van der Waals surface area contributed by atoms with E-state index in [-0.39, 0.29) is 35.1 Å². The minimum atomic E-state index is -0.405. The molecule has 0 fully saturated rings. The number of benzene rings is 2. The molecule has 4 nitrogen and oxygen atoms in total. The van der Waals surface area contributed by atoms with Crippen molar-refractivity contribution in [2.45, 2.75) is 12.3 Å². The van der Waals surface area contributed by atoms with Gasteiger partial charge in [-0.25, -0.2) is 0 Å². The van der Waals surface area contributed by atoms with Crippen LogP contribution in [-0.4, -0.2) is 17.3 Å². The molecule has 4 heteroatoms. The van der Waals surface area contributed by atoms with E-state index in [0.29, 0.717) is 22.5 Å². The topological polar surface area (TPSA) is 60.4 Å². The fraction of sp³-hybridized carbons (Fsp3) is 0.0870. The van der Waals surface area contributed by atoms with Gasteiger partial charge in [-0.2, -0.15) is 0 Å². The molecule has 0 bridgehead atoms. The van der Waals surface area contributed by atoms with Crippen LogP contribution in [0.15, 0.2) is 89.4 Å². The third-order valence-corrected chi connectivity index (χ3v) is 5.21. The van der Waals surface area contributed by atoms with E-state index >= 15 is 0 Å². The van der Waals surface area contributed by atoms with Crippen LogP contribution in [0.25, 0.3) is 0 Å². The second kappa shape index (κ2) is 5.74. The molecule has 0 amide bonds. The molecule has 0 radical (unpaired) electrons. The van der Waals surface area contributed by atoms with Crippen LogP contribution in [-0.2, 0) is 9.53 Å². The summed E-state index contributed by atoms with van der Waals surface area (Å²) in [6.45, 7) is 0. The summed E-state index contributed by atoms with van der Waals surface area (Å²) in [4.78, 5) is 38.7. The van der Waals surface area contributed by atoms with Gasteiger partial charge in [-0.3, -0.25) is 14.4 Å². The number of carbonyl (C=O) groups is 3. The third kappa shape index (κ3) is 2.27. The number of carbonyl (C=O) groups excluding carboxylic acids is 3. The van der Waals surface area contributed by atoms with Crippen molar-refractivity contribution in [1.29, 1.82) is 0 Å². The average Bonchev–Trinajstić information content (AvgIpc) is 2.72. The van der Waals surface area contributed by atoms with Crippen molar-refractivity contribution in [3.05, 3.63) is 106 Å². The van der Waals surface area contributed by atoms with Crippen LogP contribution < -0.4 is 0 Å². The largest absolute Gasteiger partial charge is 0.452 e. The van der Waals surface area contributed by atoms with Gasteiger partial charge in [0.1, 0.15) is 5.76 Å². The molecule has 0 N–H and O–H groups in total. The number of hydrogen-bond acceptors (Lipinski definition) is 4.